The van der Waals surface area contributed by atoms with Crippen molar-refractivity contribution in [3.63, 3.8) is 0 Å². The summed E-state index contributed by atoms with van der Waals surface area (Å²) in [6.45, 7) is 1.72. The van der Waals surface area contributed by atoms with Crippen LogP contribution < -0.4 is 10.3 Å². The average Bonchev–Trinajstić information content (AvgIpc) is 2.36. The highest BCUT2D eigenvalue weighted by molar-refractivity contribution is 6.31. The molecule has 0 radical (unpaired) electrons. The number of aromatic amines is 1. The molecule has 0 saturated heterocycles. The lowest BCUT2D eigenvalue weighted by Crippen LogP contribution is -2.08. The fourth-order valence-corrected chi connectivity index (χ4v) is 1.54. The van der Waals surface area contributed by atoms with Crippen LogP contribution in [-0.4, -0.2) is 14.9 Å². The maximum absolute atomic E-state index is 11.3. The van der Waals surface area contributed by atoms with Crippen molar-refractivity contribution in [1.29, 1.82) is 0 Å². The minimum atomic E-state index is -0.582. The van der Waals surface area contributed by atoms with Gasteiger partial charge in [0.25, 0.3) is 5.56 Å². The van der Waals surface area contributed by atoms with E-state index in [0.29, 0.717) is 5.56 Å². The quantitative estimate of drug-likeness (QED) is 0.688. The van der Waals surface area contributed by atoms with Gasteiger partial charge in [-0.1, -0.05) is 17.7 Å². The molecule has 1 heterocycles. The van der Waals surface area contributed by atoms with Crippen LogP contribution in [0, 0.1) is 17.0 Å². The van der Waals surface area contributed by atoms with Crippen molar-refractivity contribution >= 4 is 17.3 Å². The van der Waals surface area contributed by atoms with Crippen LogP contribution in [0.3, 0.4) is 0 Å². The molecule has 0 aliphatic carbocycles. The topological polar surface area (TPSA) is 98.1 Å². The lowest BCUT2D eigenvalue weighted by atomic mass is 10.2. The van der Waals surface area contributed by atoms with Gasteiger partial charge in [-0.2, -0.15) is 0 Å². The van der Waals surface area contributed by atoms with E-state index in [1.807, 2.05) is 0 Å². The zero-order valence-electron chi connectivity index (χ0n) is 9.71. The Morgan fingerprint density at radius 1 is 1.47 bits per heavy atom. The van der Waals surface area contributed by atoms with Gasteiger partial charge in [-0.15, -0.1) is 0 Å². The highest BCUT2D eigenvalue weighted by atomic mass is 35.5. The second-order valence-electron chi connectivity index (χ2n) is 3.68. The number of H-pyrrole nitrogens is 1. The number of halogens is 1. The third kappa shape index (κ3) is 2.71. The molecule has 2 aromatic rings. The summed E-state index contributed by atoms with van der Waals surface area (Å²) >= 11 is 5.71. The summed E-state index contributed by atoms with van der Waals surface area (Å²) in [5, 5.41) is 10.7. The molecule has 0 atom stereocenters. The second-order valence-corrected chi connectivity index (χ2v) is 4.06. The van der Waals surface area contributed by atoms with E-state index >= 15 is 0 Å². The van der Waals surface area contributed by atoms with Crippen LogP contribution >= 0.6 is 11.6 Å². The predicted octanol–water partition coefficient (Wildman–Crippen LogP) is 2.43. The Kier molecular flexibility index (Phi) is 3.48. The van der Waals surface area contributed by atoms with Crippen LogP contribution in [0.5, 0.6) is 11.6 Å². The molecule has 7 nitrogen and oxygen atoms in total. The van der Waals surface area contributed by atoms with Crippen molar-refractivity contribution in [2.75, 3.05) is 0 Å². The monoisotopic (exact) mass is 281 g/mol. The zero-order valence-corrected chi connectivity index (χ0v) is 10.5. The van der Waals surface area contributed by atoms with Gasteiger partial charge in [0.15, 0.2) is 5.02 Å². The number of aromatic nitrogens is 2. The fourth-order valence-electron chi connectivity index (χ4n) is 1.40. The van der Waals surface area contributed by atoms with E-state index in [1.54, 1.807) is 13.0 Å². The Morgan fingerprint density at radius 2 is 2.21 bits per heavy atom. The van der Waals surface area contributed by atoms with Crippen molar-refractivity contribution in [1.82, 2.24) is 9.97 Å². The standard InChI is InChI=1S/C11H8ClN3O4/c1-6-2-3-8(7(4-6)15(17)18)19-11-9(12)10(16)13-5-14-11/h2-5H,1H3,(H,13,14,16). The number of nitro benzene ring substituents is 1. The molecule has 1 N–H and O–H groups in total. The Balaban J connectivity index is 2.46. The number of ether oxygens (including phenoxy) is 1. The van der Waals surface area contributed by atoms with Crippen LogP contribution in [0.1, 0.15) is 5.56 Å². The molecule has 1 aromatic carbocycles. The molecule has 2 rings (SSSR count). The number of nitrogens with one attached hydrogen (secondary N) is 1. The summed E-state index contributed by atoms with van der Waals surface area (Å²) in [6.07, 6.45) is 1.10. The van der Waals surface area contributed by atoms with Gasteiger partial charge in [-0.3, -0.25) is 14.9 Å². The molecule has 98 valence electrons. The van der Waals surface area contributed by atoms with Crippen molar-refractivity contribution in [2.45, 2.75) is 6.92 Å². The van der Waals surface area contributed by atoms with E-state index in [1.165, 1.54) is 12.1 Å². The molecule has 0 aliphatic rings. The van der Waals surface area contributed by atoms with Gasteiger partial charge in [0, 0.05) is 6.07 Å². The molecule has 8 heteroatoms. The molecule has 0 aliphatic heterocycles. The van der Waals surface area contributed by atoms with Gasteiger partial charge in [0.2, 0.25) is 11.6 Å². The maximum Gasteiger partial charge on any atom is 0.311 e. The number of hydrogen-bond donors (Lipinski definition) is 1. The lowest BCUT2D eigenvalue weighted by Gasteiger charge is -2.06. The van der Waals surface area contributed by atoms with Crippen molar-refractivity contribution in [2.24, 2.45) is 0 Å². The van der Waals surface area contributed by atoms with Gasteiger partial charge in [-0.05, 0) is 18.6 Å². The lowest BCUT2D eigenvalue weighted by molar-refractivity contribution is -0.385. The molecule has 0 saturated carbocycles. The number of benzene rings is 1. The van der Waals surface area contributed by atoms with Gasteiger partial charge in [0.05, 0.1) is 11.3 Å². The van der Waals surface area contributed by atoms with E-state index in [2.05, 4.69) is 9.97 Å². The van der Waals surface area contributed by atoms with Crippen molar-refractivity contribution in [3.05, 3.63) is 55.6 Å². The van der Waals surface area contributed by atoms with Gasteiger partial charge >= 0.3 is 5.69 Å². The summed E-state index contributed by atoms with van der Waals surface area (Å²) in [4.78, 5) is 27.6. The summed E-state index contributed by atoms with van der Waals surface area (Å²) in [5.41, 5.74) is -0.0939. The second kappa shape index (κ2) is 5.07. The van der Waals surface area contributed by atoms with Crippen LogP contribution in [0.2, 0.25) is 5.02 Å². The highest BCUT2D eigenvalue weighted by Crippen LogP contribution is 2.32. The first kappa shape index (κ1) is 13.0. The molecule has 1 aromatic heterocycles. The van der Waals surface area contributed by atoms with Crippen molar-refractivity contribution in [3.8, 4) is 11.6 Å². The SMILES string of the molecule is Cc1ccc(Oc2nc[nH]c(=O)c2Cl)c([N+](=O)[O-])c1. The zero-order chi connectivity index (χ0) is 14.0. The van der Waals surface area contributed by atoms with Gasteiger partial charge in [0.1, 0.15) is 0 Å². The molecule has 0 unspecified atom stereocenters. The molecule has 0 fully saturated rings. The number of hydrogen-bond acceptors (Lipinski definition) is 5. The molecular formula is C11H8ClN3O4. The highest BCUT2D eigenvalue weighted by Gasteiger charge is 2.18. The first-order valence-electron chi connectivity index (χ1n) is 5.15. The largest absolute Gasteiger partial charge is 0.430 e. The summed E-state index contributed by atoms with van der Waals surface area (Å²) in [5.74, 6) is -0.215. The Labute approximate surface area is 112 Å². The first-order valence-corrected chi connectivity index (χ1v) is 5.53. The van der Waals surface area contributed by atoms with E-state index in [-0.39, 0.29) is 22.3 Å². The van der Waals surface area contributed by atoms with Crippen LogP contribution in [-0.2, 0) is 0 Å². The molecular weight excluding hydrogens is 274 g/mol. The third-order valence-electron chi connectivity index (χ3n) is 2.28. The van der Waals surface area contributed by atoms with Crippen LogP contribution in [0.25, 0.3) is 0 Å². The number of rotatable bonds is 3. The normalized spacial score (nSPS) is 10.2. The van der Waals surface area contributed by atoms with Gasteiger partial charge in [-0.25, -0.2) is 4.98 Å². The Bertz CT molecular complexity index is 699. The van der Waals surface area contributed by atoms with Gasteiger partial charge < -0.3 is 9.72 Å². The minimum Gasteiger partial charge on any atom is -0.430 e. The van der Waals surface area contributed by atoms with E-state index in [4.69, 9.17) is 16.3 Å². The molecule has 0 spiro atoms. The minimum absolute atomic E-state index is 0.0319. The molecule has 19 heavy (non-hydrogen) atoms. The number of aryl methyl sites for hydroxylation is 1. The summed E-state index contributed by atoms with van der Waals surface area (Å²) in [7, 11) is 0. The average molecular weight is 282 g/mol. The smallest absolute Gasteiger partial charge is 0.311 e. The Morgan fingerprint density at radius 3 is 2.89 bits per heavy atom. The predicted molar refractivity (Wildman–Crippen MR) is 67.8 cm³/mol. The first-order chi connectivity index (χ1) is 8.99. The third-order valence-corrected chi connectivity index (χ3v) is 2.62. The van der Waals surface area contributed by atoms with Crippen molar-refractivity contribution < 1.29 is 9.66 Å². The Hall–Kier alpha value is -2.41. The molecule has 0 amide bonds. The van der Waals surface area contributed by atoms with Crippen LogP contribution in [0.15, 0.2) is 29.3 Å². The summed E-state index contributed by atoms with van der Waals surface area (Å²) in [6, 6.07) is 4.42. The van der Waals surface area contributed by atoms with Crippen LogP contribution in [0.4, 0.5) is 5.69 Å². The fraction of sp³-hybridized carbons (Fsp3) is 0.0909. The number of nitro groups is 1. The molecule has 0 bridgehead atoms. The maximum atomic E-state index is 11.3. The van der Waals surface area contributed by atoms with E-state index in [0.717, 1.165) is 6.33 Å². The van der Waals surface area contributed by atoms with E-state index in [9.17, 15) is 14.9 Å². The summed E-state index contributed by atoms with van der Waals surface area (Å²) < 4.78 is 5.23. The number of nitrogens with zero attached hydrogens (tertiary/aromatic N) is 2. The van der Waals surface area contributed by atoms with E-state index < -0.39 is 10.5 Å².